The Morgan fingerprint density at radius 3 is 3.21 bits per heavy atom. The van der Waals surface area contributed by atoms with Gasteiger partial charge in [-0.3, -0.25) is 4.90 Å². The molecule has 1 aromatic heterocycles. The molecule has 1 aromatic rings. The summed E-state index contributed by atoms with van der Waals surface area (Å²) in [6, 6.07) is 0. The molecule has 0 saturated carbocycles. The van der Waals surface area contributed by atoms with Crippen LogP contribution in [0.5, 0.6) is 0 Å². The molecule has 0 bridgehead atoms. The molecule has 0 aliphatic carbocycles. The van der Waals surface area contributed by atoms with Crippen LogP contribution in [0.2, 0.25) is 0 Å². The Kier molecular flexibility index (Phi) is 2.63. The van der Waals surface area contributed by atoms with Crippen LogP contribution in [0.4, 0.5) is 5.95 Å². The second kappa shape index (κ2) is 3.92. The quantitative estimate of drug-likeness (QED) is 0.754. The van der Waals surface area contributed by atoms with Gasteiger partial charge in [-0.2, -0.15) is 0 Å². The molecule has 1 aliphatic rings. The molecule has 0 saturated heterocycles. The molecule has 2 N–H and O–H groups in total. The van der Waals surface area contributed by atoms with Crippen LogP contribution in [-0.2, 0) is 13.0 Å². The Labute approximate surface area is 84.2 Å². The lowest BCUT2D eigenvalue weighted by Crippen LogP contribution is -2.32. The standard InChI is InChI=1S/C10H16N4/c1-2-4-14-5-3-8-6-12-10(11)13-9(8)7-14/h6H,2-5,7H2,1H3,(H2,11,12,13). The van der Waals surface area contributed by atoms with E-state index in [4.69, 9.17) is 5.73 Å². The minimum Gasteiger partial charge on any atom is -0.368 e. The molecule has 0 radical (unpaired) electrons. The highest BCUT2D eigenvalue weighted by Crippen LogP contribution is 2.16. The number of nitrogens with zero attached hydrogens (tertiary/aromatic N) is 3. The number of anilines is 1. The highest BCUT2D eigenvalue weighted by molar-refractivity contribution is 5.26. The minimum atomic E-state index is 0.391. The third-order valence-electron chi connectivity index (χ3n) is 2.58. The summed E-state index contributed by atoms with van der Waals surface area (Å²) >= 11 is 0. The average molecular weight is 192 g/mol. The SMILES string of the molecule is CCCN1CCc2cnc(N)nc2C1. The number of nitrogens with two attached hydrogens (primary N) is 1. The molecule has 0 aromatic carbocycles. The van der Waals surface area contributed by atoms with Crippen molar-refractivity contribution in [3.05, 3.63) is 17.5 Å². The maximum Gasteiger partial charge on any atom is 0.220 e. The number of rotatable bonds is 2. The van der Waals surface area contributed by atoms with Gasteiger partial charge in [0.2, 0.25) is 5.95 Å². The maximum absolute atomic E-state index is 5.56. The Bertz CT molecular complexity index is 324. The predicted molar refractivity (Wildman–Crippen MR) is 55.7 cm³/mol. The monoisotopic (exact) mass is 192 g/mol. The molecule has 0 spiro atoms. The van der Waals surface area contributed by atoms with E-state index in [1.54, 1.807) is 0 Å². The third kappa shape index (κ3) is 1.85. The van der Waals surface area contributed by atoms with Gasteiger partial charge in [0.25, 0.3) is 0 Å². The zero-order chi connectivity index (χ0) is 9.97. The van der Waals surface area contributed by atoms with Gasteiger partial charge in [-0.15, -0.1) is 0 Å². The van der Waals surface area contributed by atoms with Crippen LogP contribution in [0.15, 0.2) is 6.20 Å². The van der Waals surface area contributed by atoms with Crippen molar-refractivity contribution in [2.45, 2.75) is 26.3 Å². The van der Waals surface area contributed by atoms with Crippen molar-refractivity contribution in [2.75, 3.05) is 18.8 Å². The van der Waals surface area contributed by atoms with E-state index in [-0.39, 0.29) is 0 Å². The van der Waals surface area contributed by atoms with Gasteiger partial charge in [0.15, 0.2) is 0 Å². The molecule has 76 valence electrons. The first-order valence-electron chi connectivity index (χ1n) is 5.12. The first-order valence-corrected chi connectivity index (χ1v) is 5.12. The normalized spacial score (nSPS) is 16.6. The number of aromatic nitrogens is 2. The van der Waals surface area contributed by atoms with E-state index in [0.717, 1.165) is 31.7 Å². The van der Waals surface area contributed by atoms with Gasteiger partial charge < -0.3 is 5.73 Å². The molecular weight excluding hydrogens is 176 g/mol. The van der Waals surface area contributed by atoms with E-state index >= 15 is 0 Å². The van der Waals surface area contributed by atoms with Crippen molar-refractivity contribution < 1.29 is 0 Å². The van der Waals surface area contributed by atoms with E-state index < -0.39 is 0 Å². The molecule has 0 unspecified atom stereocenters. The number of nitrogen functional groups attached to an aromatic ring is 1. The molecule has 4 nitrogen and oxygen atoms in total. The number of fused-ring (bicyclic) bond motifs is 1. The summed E-state index contributed by atoms with van der Waals surface area (Å²) in [7, 11) is 0. The molecule has 1 aliphatic heterocycles. The fourth-order valence-electron chi connectivity index (χ4n) is 1.88. The summed E-state index contributed by atoms with van der Waals surface area (Å²) in [5.74, 6) is 0.391. The van der Waals surface area contributed by atoms with Gasteiger partial charge in [-0.05, 0) is 24.9 Å². The fourth-order valence-corrected chi connectivity index (χ4v) is 1.88. The van der Waals surface area contributed by atoms with Crippen molar-refractivity contribution in [2.24, 2.45) is 0 Å². The summed E-state index contributed by atoms with van der Waals surface area (Å²) in [6.07, 6.45) is 4.10. The van der Waals surface area contributed by atoms with Gasteiger partial charge in [-0.25, -0.2) is 9.97 Å². The molecule has 14 heavy (non-hydrogen) atoms. The van der Waals surface area contributed by atoms with Crippen LogP contribution in [0.3, 0.4) is 0 Å². The lowest BCUT2D eigenvalue weighted by Gasteiger charge is -2.27. The van der Waals surface area contributed by atoms with E-state index in [0.29, 0.717) is 5.95 Å². The van der Waals surface area contributed by atoms with Crippen LogP contribution in [0.25, 0.3) is 0 Å². The summed E-state index contributed by atoms with van der Waals surface area (Å²) in [5.41, 5.74) is 7.93. The van der Waals surface area contributed by atoms with E-state index in [9.17, 15) is 0 Å². The molecule has 0 fully saturated rings. The maximum atomic E-state index is 5.56. The van der Waals surface area contributed by atoms with Crippen LogP contribution in [0.1, 0.15) is 24.6 Å². The van der Waals surface area contributed by atoms with Crippen molar-refractivity contribution in [1.29, 1.82) is 0 Å². The van der Waals surface area contributed by atoms with Crippen LogP contribution >= 0.6 is 0 Å². The second-order valence-electron chi connectivity index (χ2n) is 3.73. The predicted octanol–water partition coefficient (Wildman–Crippen LogP) is 0.827. The second-order valence-corrected chi connectivity index (χ2v) is 3.73. The lowest BCUT2D eigenvalue weighted by molar-refractivity contribution is 0.250. The van der Waals surface area contributed by atoms with Crippen molar-refractivity contribution in [3.63, 3.8) is 0 Å². The third-order valence-corrected chi connectivity index (χ3v) is 2.58. The van der Waals surface area contributed by atoms with Gasteiger partial charge in [0.05, 0.1) is 5.69 Å². The molecule has 4 heteroatoms. The van der Waals surface area contributed by atoms with Gasteiger partial charge in [-0.1, -0.05) is 6.92 Å². The Balaban J connectivity index is 2.16. The van der Waals surface area contributed by atoms with Gasteiger partial charge >= 0.3 is 0 Å². The van der Waals surface area contributed by atoms with Gasteiger partial charge in [0, 0.05) is 19.3 Å². The van der Waals surface area contributed by atoms with E-state index in [1.165, 1.54) is 12.0 Å². The Morgan fingerprint density at radius 2 is 2.43 bits per heavy atom. The van der Waals surface area contributed by atoms with Crippen molar-refractivity contribution in [1.82, 2.24) is 14.9 Å². The highest BCUT2D eigenvalue weighted by atomic mass is 15.1. The van der Waals surface area contributed by atoms with Crippen LogP contribution in [0, 0.1) is 0 Å². The first kappa shape index (κ1) is 9.40. The molecular formula is C10H16N4. The summed E-state index contributed by atoms with van der Waals surface area (Å²) in [4.78, 5) is 10.7. The van der Waals surface area contributed by atoms with Crippen LogP contribution < -0.4 is 5.73 Å². The molecule has 0 atom stereocenters. The highest BCUT2D eigenvalue weighted by Gasteiger charge is 2.16. The molecule has 2 heterocycles. The lowest BCUT2D eigenvalue weighted by atomic mass is 10.1. The minimum absolute atomic E-state index is 0.391. The zero-order valence-corrected chi connectivity index (χ0v) is 8.53. The Morgan fingerprint density at radius 1 is 1.57 bits per heavy atom. The van der Waals surface area contributed by atoms with Crippen molar-refractivity contribution in [3.8, 4) is 0 Å². The average Bonchev–Trinajstić information content (AvgIpc) is 2.17. The topological polar surface area (TPSA) is 55.0 Å². The van der Waals surface area contributed by atoms with E-state index in [2.05, 4.69) is 21.8 Å². The number of hydrogen-bond acceptors (Lipinski definition) is 4. The fraction of sp³-hybridized carbons (Fsp3) is 0.600. The summed E-state index contributed by atoms with van der Waals surface area (Å²) in [6.45, 7) is 5.39. The zero-order valence-electron chi connectivity index (χ0n) is 8.53. The van der Waals surface area contributed by atoms with Gasteiger partial charge in [0.1, 0.15) is 0 Å². The largest absolute Gasteiger partial charge is 0.368 e. The smallest absolute Gasteiger partial charge is 0.220 e. The molecule has 2 rings (SSSR count). The molecule has 0 amide bonds. The number of hydrogen-bond donors (Lipinski definition) is 1. The Hall–Kier alpha value is -1.16. The summed E-state index contributed by atoms with van der Waals surface area (Å²) in [5, 5.41) is 0. The summed E-state index contributed by atoms with van der Waals surface area (Å²) < 4.78 is 0. The first-order chi connectivity index (χ1) is 6.79. The van der Waals surface area contributed by atoms with E-state index in [1.807, 2.05) is 6.20 Å². The van der Waals surface area contributed by atoms with Crippen molar-refractivity contribution >= 4 is 5.95 Å². The van der Waals surface area contributed by atoms with Crippen LogP contribution in [-0.4, -0.2) is 28.0 Å².